The highest BCUT2D eigenvalue weighted by Gasteiger charge is 2.41. The lowest BCUT2D eigenvalue weighted by atomic mass is 9.85. The van der Waals surface area contributed by atoms with Crippen LogP contribution >= 0.6 is 15.9 Å². The molecule has 6 N–H and O–H groups in total. The number of aliphatic hydroxyl groups is 2. The van der Waals surface area contributed by atoms with Gasteiger partial charge in [-0.1, -0.05) is 28.1 Å². The Kier molecular flexibility index (Phi) is 4.94. The van der Waals surface area contributed by atoms with Crippen molar-refractivity contribution in [2.75, 3.05) is 0 Å². The van der Waals surface area contributed by atoms with Crippen molar-refractivity contribution in [2.45, 2.75) is 43.4 Å². The van der Waals surface area contributed by atoms with Crippen LogP contribution in [0, 0.1) is 0 Å². The van der Waals surface area contributed by atoms with Crippen molar-refractivity contribution in [2.24, 2.45) is 11.5 Å². The second-order valence-electron chi connectivity index (χ2n) is 4.95. The Morgan fingerprint density at radius 1 is 1.21 bits per heavy atom. The Bertz CT molecular complexity index is 432. The predicted octanol–water partition coefficient (Wildman–Crippen LogP) is 0.114. The fourth-order valence-electron chi connectivity index (χ4n) is 2.33. The molecular weight excluding hydrogens is 312 g/mol. The number of aliphatic hydroxyl groups excluding tert-OH is 2. The van der Waals surface area contributed by atoms with E-state index < -0.39 is 24.4 Å². The maximum Gasteiger partial charge on any atom is 0.109 e. The number of halogens is 1. The highest BCUT2D eigenvalue weighted by molar-refractivity contribution is 9.10. The van der Waals surface area contributed by atoms with E-state index in [1.807, 2.05) is 24.3 Å². The maximum atomic E-state index is 9.97. The van der Waals surface area contributed by atoms with Gasteiger partial charge in [0.05, 0.1) is 12.7 Å². The Hall–Kier alpha value is -0.500. The Morgan fingerprint density at radius 2 is 1.95 bits per heavy atom. The first-order chi connectivity index (χ1) is 8.99. The van der Waals surface area contributed by atoms with Crippen LogP contribution in [0.4, 0.5) is 0 Å². The van der Waals surface area contributed by atoms with Crippen LogP contribution in [0.2, 0.25) is 0 Å². The molecule has 0 radical (unpaired) electrons. The first kappa shape index (κ1) is 14.9. The topological polar surface area (TPSA) is 102 Å². The molecule has 1 fully saturated rings. The van der Waals surface area contributed by atoms with Crippen LogP contribution in [-0.2, 0) is 11.3 Å². The van der Waals surface area contributed by atoms with Gasteiger partial charge in [0, 0.05) is 16.6 Å². The predicted molar refractivity (Wildman–Crippen MR) is 75.3 cm³/mol. The molecular formula is C13H19BrN2O3. The van der Waals surface area contributed by atoms with Crippen molar-refractivity contribution in [3.05, 3.63) is 34.3 Å². The molecule has 5 nitrogen and oxygen atoms in total. The molecule has 0 saturated heterocycles. The van der Waals surface area contributed by atoms with Gasteiger partial charge in [0.15, 0.2) is 0 Å². The van der Waals surface area contributed by atoms with Crippen molar-refractivity contribution in [1.82, 2.24) is 0 Å². The third-order valence-corrected chi connectivity index (χ3v) is 3.92. The average Bonchev–Trinajstić information content (AvgIpc) is 2.36. The summed E-state index contributed by atoms with van der Waals surface area (Å²) < 4.78 is 6.62. The minimum Gasteiger partial charge on any atom is -0.389 e. The molecule has 1 saturated carbocycles. The smallest absolute Gasteiger partial charge is 0.109 e. The first-order valence-corrected chi connectivity index (χ1v) is 7.01. The van der Waals surface area contributed by atoms with E-state index >= 15 is 0 Å². The van der Waals surface area contributed by atoms with Gasteiger partial charge < -0.3 is 26.4 Å². The molecule has 0 bridgehead atoms. The summed E-state index contributed by atoms with van der Waals surface area (Å²) in [5.74, 6) is 0. The molecule has 1 aliphatic rings. The third-order valence-electron chi connectivity index (χ3n) is 3.42. The molecule has 0 aliphatic heterocycles. The zero-order valence-corrected chi connectivity index (χ0v) is 12.0. The van der Waals surface area contributed by atoms with Gasteiger partial charge in [-0.25, -0.2) is 0 Å². The van der Waals surface area contributed by atoms with Gasteiger partial charge in [0.25, 0.3) is 0 Å². The summed E-state index contributed by atoms with van der Waals surface area (Å²) in [6.07, 6.45) is -2.21. The van der Waals surface area contributed by atoms with Gasteiger partial charge in [-0.3, -0.25) is 0 Å². The van der Waals surface area contributed by atoms with Gasteiger partial charge >= 0.3 is 0 Å². The largest absolute Gasteiger partial charge is 0.389 e. The molecule has 5 atom stereocenters. The van der Waals surface area contributed by atoms with E-state index in [-0.39, 0.29) is 6.04 Å². The third kappa shape index (κ3) is 3.53. The summed E-state index contributed by atoms with van der Waals surface area (Å²) in [7, 11) is 0. The monoisotopic (exact) mass is 330 g/mol. The van der Waals surface area contributed by atoms with Crippen molar-refractivity contribution in [3.8, 4) is 0 Å². The number of benzene rings is 1. The second kappa shape index (κ2) is 6.30. The Balaban J connectivity index is 1.98. The van der Waals surface area contributed by atoms with E-state index in [0.29, 0.717) is 13.0 Å². The zero-order chi connectivity index (χ0) is 14.0. The van der Waals surface area contributed by atoms with E-state index in [1.54, 1.807) is 0 Å². The van der Waals surface area contributed by atoms with Gasteiger partial charge in [0.2, 0.25) is 0 Å². The number of hydrogen-bond donors (Lipinski definition) is 4. The molecule has 6 heteroatoms. The summed E-state index contributed by atoms with van der Waals surface area (Å²) in [5, 5.41) is 19.7. The summed E-state index contributed by atoms with van der Waals surface area (Å²) in [6, 6.07) is 6.81. The van der Waals surface area contributed by atoms with Crippen molar-refractivity contribution >= 4 is 15.9 Å². The summed E-state index contributed by atoms with van der Waals surface area (Å²) in [6.45, 7) is 0.330. The number of rotatable bonds is 3. The molecule has 2 rings (SSSR count). The van der Waals surface area contributed by atoms with Crippen LogP contribution < -0.4 is 11.5 Å². The molecule has 0 unspecified atom stereocenters. The SMILES string of the molecule is N[C@@H]1C[C@H](N)[C@@H](OCc2cccc(Br)c2)[C@H](O)[C@H]1O. The average molecular weight is 331 g/mol. The van der Waals surface area contributed by atoms with Crippen LogP contribution in [0.1, 0.15) is 12.0 Å². The second-order valence-corrected chi connectivity index (χ2v) is 5.87. The number of hydrogen-bond acceptors (Lipinski definition) is 5. The lowest BCUT2D eigenvalue weighted by Gasteiger charge is -2.39. The molecule has 0 amide bonds. The van der Waals surface area contributed by atoms with Crippen LogP contribution in [-0.4, -0.2) is 40.6 Å². The first-order valence-electron chi connectivity index (χ1n) is 6.22. The van der Waals surface area contributed by atoms with E-state index in [0.717, 1.165) is 10.0 Å². The lowest BCUT2D eigenvalue weighted by Crippen LogP contribution is -2.61. The standard InChI is InChI=1S/C13H19BrN2O3/c14-8-3-1-2-7(4-8)6-19-13-10(16)5-9(15)11(17)12(13)18/h1-4,9-13,17-18H,5-6,15-16H2/t9-,10+,11+,12-,13-/m1/s1. The molecule has 1 aromatic rings. The van der Waals surface area contributed by atoms with Crippen LogP contribution in [0.3, 0.4) is 0 Å². The molecule has 0 heterocycles. The molecule has 0 aromatic heterocycles. The Labute approximate surface area is 120 Å². The van der Waals surface area contributed by atoms with Crippen molar-refractivity contribution in [3.63, 3.8) is 0 Å². The highest BCUT2D eigenvalue weighted by atomic mass is 79.9. The van der Waals surface area contributed by atoms with Crippen molar-refractivity contribution < 1.29 is 14.9 Å². The molecule has 106 valence electrons. The normalized spacial score (nSPS) is 35.3. The van der Waals surface area contributed by atoms with E-state index in [4.69, 9.17) is 16.2 Å². The minimum absolute atomic E-state index is 0.330. The van der Waals surface area contributed by atoms with E-state index in [2.05, 4.69) is 15.9 Å². The summed E-state index contributed by atoms with van der Waals surface area (Å²) in [5.41, 5.74) is 12.6. The molecule has 19 heavy (non-hydrogen) atoms. The van der Waals surface area contributed by atoms with Gasteiger partial charge in [-0.05, 0) is 24.1 Å². The fourth-order valence-corrected chi connectivity index (χ4v) is 2.78. The van der Waals surface area contributed by atoms with Crippen molar-refractivity contribution in [1.29, 1.82) is 0 Å². The summed E-state index contributed by atoms with van der Waals surface area (Å²) in [4.78, 5) is 0. The van der Waals surface area contributed by atoms with Gasteiger partial charge in [-0.15, -0.1) is 0 Å². The van der Waals surface area contributed by atoms with Crippen LogP contribution in [0.15, 0.2) is 28.7 Å². The van der Waals surface area contributed by atoms with Gasteiger partial charge in [-0.2, -0.15) is 0 Å². The minimum atomic E-state index is -1.05. The van der Waals surface area contributed by atoms with Crippen LogP contribution in [0.25, 0.3) is 0 Å². The molecule has 1 aromatic carbocycles. The molecule has 1 aliphatic carbocycles. The van der Waals surface area contributed by atoms with E-state index in [9.17, 15) is 10.2 Å². The zero-order valence-electron chi connectivity index (χ0n) is 10.4. The van der Waals surface area contributed by atoms with Crippen LogP contribution in [0.5, 0.6) is 0 Å². The quantitative estimate of drug-likeness (QED) is 0.630. The van der Waals surface area contributed by atoms with Gasteiger partial charge in [0.1, 0.15) is 12.2 Å². The lowest BCUT2D eigenvalue weighted by molar-refractivity contribution is -0.131. The highest BCUT2D eigenvalue weighted by Crippen LogP contribution is 2.22. The summed E-state index contributed by atoms with van der Waals surface area (Å²) >= 11 is 3.38. The Morgan fingerprint density at radius 3 is 2.63 bits per heavy atom. The molecule has 0 spiro atoms. The van der Waals surface area contributed by atoms with E-state index in [1.165, 1.54) is 0 Å². The maximum absolute atomic E-state index is 9.97. The fraction of sp³-hybridized carbons (Fsp3) is 0.538. The number of ether oxygens (including phenoxy) is 1. The number of nitrogens with two attached hydrogens (primary N) is 2.